The Labute approximate surface area is 160 Å². The van der Waals surface area contributed by atoms with E-state index >= 15 is 0 Å². The van der Waals surface area contributed by atoms with E-state index in [-0.39, 0.29) is 0 Å². The molecule has 0 aromatic heterocycles. The number of halogens is 6. The Kier molecular flexibility index (Phi) is 6.60. The van der Waals surface area contributed by atoms with Crippen LogP contribution in [0.4, 0.5) is 0 Å². The van der Waals surface area contributed by atoms with Gasteiger partial charge in [-0.2, -0.15) is 0 Å². The molecule has 0 aliphatic carbocycles. The molecule has 0 spiro atoms. The summed E-state index contributed by atoms with van der Waals surface area (Å²) < 4.78 is 0. The Hall–Kier alpha value is 0.614. The molecule has 2 aromatic rings. The first-order valence-electron chi connectivity index (χ1n) is 6.44. The Morgan fingerprint density at radius 3 is 1.00 bits per heavy atom. The molecular formula is C14H12Cl6Si2. The predicted octanol–water partition coefficient (Wildman–Crippen LogP) is 6.83. The van der Waals surface area contributed by atoms with E-state index in [1.807, 2.05) is 48.5 Å². The predicted molar refractivity (Wildman–Crippen MR) is 106 cm³/mol. The summed E-state index contributed by atoms with van der Waals surface area (Å²) in [5.74, 6) is 0. The first-order valence-corrected chi connectivity index (χ1v) is 16.9. The van der Waals surface area contributed by atoms with Gasteiger partial charge in [-0.1, -0.05) is 48.5 Å². The lowest BCUT2D eigenvalue weighted by molar-refractivity contribution is 1.37. The van der Waals surface area contributed by atoms with Crippen LogP contribution >= 0.6 is 66.5 Å². The first kappa shape index (κ1) is 18.9. The number of rotatable bonds is 5. The van der Waals surface area contributed by atoms with Crippen molar-refractivity contribution in [1.29, 1.82) is 0 Å². The van der Waals surface area contributed by atoms with E-state index in [4.69, 9.17) is 66.5 Å². The smallest absolute Gasteiger partial charge is 0.126 e. The molecule has 118 valence electrons. The van der Waals surface area contributed by atoms with E-state index in [2.05, 4.69) is 0 Å². The van der Waals surface area contributed by atoms with Crippen LogP contribution in [0.3, 0.4) is 0 Å². The maximum Gasteiger partial charge on any atom is 0.345 e. The molecule has 0 bridgehead atoms. The molecule has 0 N–H and O–H groups in total. The number of benzene rings is 2. The fourth-order valence-electron chi connectivity index (χ4n) is 2.09. The third kappa shape index (κ3) is 6.62. The van der Waals surface area contributed by atoms with Gasteiger partial charge in [-0.25, -0.2) is 0 Å². The van der Waals surface area contributed by atoms with Crippen LogP contribution in [-0.2, 0) is 12.1 Å². The second-order valence-corrected chi connectivity index (χ2v) is 23.2. The quantitative estimate of drug-likeness (QED) is 0.347. The molecule has 0 amide bonds. The fraction of sp³-hybridized carbons (Fsp3) is 0.143. The highest BCUT2D eigenvalue weighted by Crippen LogP contribution is 2.28. The van der Waals surface area contributed by atoms with Crippen molar-refractivity contribution in [3.63, 3.8) is 0 Å². The van der Waals surface area contributed by atoms with E-state index < -0.39 is 12.0 Å². The van der Waals surface area contributed by atoms with Crippen molar-refractivity contribution >= 4 is 78.5 Å². The van der Waals surface area contributed by atoms with Gasteiger partial charge in [0.2, 0.25) is 0 Å². The summed E-state index contributed by atoms with van der Waals surface area (Å²) in [6.45, 7) is 0. The standard InChI is InChI=1S/C14H12Cl6Si2/c15-21(16,17)9-11-1-5-13(6-2-11)14-7-3-12(4-8-14)10-22(18,19)20/h1-8H,9-10H2. The average molecular weight is 449 g/mol. The molecule has 0 aliphatic heterocycles. The summed E-state index contributed by atoms with van der Waals surface area (Å²) >= 11 is 35.6. The van der Waals surface area contributed by atoms with E-state index in [0.29, 0.717) is 12.1 Å². The summed E-state index contributed by atoms with van der Waals surface area (Å²) in [7, 11) is 0. The van der Waals surface area contributed by atoms with Gasteiger partial charge >= 0.3 is 12.0 Å². The molecule has 0 saturated carbocycles. The molecule has 22 heavy (non-hydrogen) atoms. The molecule has 2 rings (SSSR count). The molecule has 2 aromatic carbocycles. The second kappa shape index (κ2) is 7.67. The van der Waals surface area contributed by atoms with Gasteiger partial charge in [0.1, 0.15) is 0 Å². The molecule has 8 heteroatoms. The van der Waals surface area contributed by atoms with Crippen LogP contribution in [0.5, 0.6) is 0 Å². The van der Waals surface area contributed by atoms with Crippen molar-refractivity contribution in [3.8, 4) is 11.1 Å². The lowest BCUT2D eigenvalue weighted by Gasteiger charge is -2.10. The van der Waals surface area contributed by atoms with E-state index in [1.54, 1.807) is 0 Å². The van der Waals surface area contributed by atoms with Gasteiger partial charge in [0.05, 0.1) is 0 Å². The summed E-state index contributed by atoms with van der Waals surface area (Å²) in [5.41, 5.74) is 4.28. The Morgan fingerprint density at radius 1 is 0.500 bits per heavy atom. The summed E-state index contributed by atoms with van der Waals surface area (Å²) in [4.78, 5) is 0. The fourth-order valence-corrected chi connectivity index (χ4v) is 6.27. The maximum atomic E-state index is 5.94. The van der Waals surface area contributed by atoms with Crippen molar-refractivity contribution in [1.82, 2.24) is 0 Å². The molecule has 0 fully saturated rings. The maximum absolute atomic E-state index is 5.94. The third-order valence-electron chi connectivity index (χ3n) is 3.05. The number of hydrogen-bond donors (Lipinski definition) is 0. The van der Waals surface area contributed by atoms with Crippen LogP contribution in [0.25, 0.3) is 11.1 Å². The normalized spacial score (nSPS) is 12.5. The molecular weight excluding hydrogens is 437 g/mol. The van der Waals surface area contributed by atoms with Crippen LogP contribution < -0.4 is 0 Å². The minimum absolute atomic E-state index is 0.519. The molecule has 0 radical (unpaired) electrons. The molecule has 0 saturated heterocycles. The third-order valence-corrected chi connectivity index (χ3v) is 7.07. The average Bonchev–Trinajstić information content (AvgIpc) is 2.37. The zero-order valence-corrected chi connectivity index (χ0v) is 17.8. The Bertz CT molecular complexity index is 556. The highest BCUT2D eigenvalue weighted by atomic mass is 35.8. The van der Waals surface area contributed by atoms with Crippen molar-refractivity contribution in [2.24, 2.45) is 0 Å². The molecule has 0 nitrogen and oxygen atoms in total. The summed E-state index contributed by atoms with van der Waals surface area (Å²) in [6.07, 6.45) is 0. The van der Waals surface area contributed by atoms with Crippen LogP contribution in [0.2, 0.25) is 0 Å². The van der Waals surface area contributed by atoms with Gasteiger partial charge in [-0.3, -0.25) is 0 Å². The lowest BCUT2D eigenvalue weighted by atomic mass is 10.0. The highest BCUT2D eigenvalue weighted by molar-refractivity contribution is 7.64. The summed E-state index contributed by atoms with van der Waals surface area (Å²) in [6, 6.07) is 11.8. The minimum atomic E-state index is -2.64. The lowest BCUT2D eigenvalue weighted by Crippen LogP contribution is -2.14. The van der Waals surface area contributed by atoms with E-state index in [1.165, 1.54) is 0 Å². The van der Waals surface area contributed by atoms with Gasteiger partial charge in [0.15, 0.2) is 0 Å². The minimum Gasteiger partial charge on any atom is -0.126 e. The van der Waals surface area contributed by atoms with Crippen molar-refractivity contribution in [2.45, 2.75) is 12.1 Å². The first-order chi connectivity index (χ1) is 10.1. The second-order valence-electron chi connectivity index (χ2n) is 4.98. The Balaban J connectivity index is 2.12. The highest BCUT2D eigenvalue weighted by Gasteiger charge is 2.26. The molecule has 0 atom stereocenters. The van der Waals surface area contributed by atoms with Crippen molar-refractivity contribution in [3.05, 3.63) is 59.7 Å². The van der Waals surface area contributed by atoms with Gasteiger partial charge in [0.25, 0.3) is 0 Å². The van der Waals surface area contributed by atoms with Crippen LogP contribution in [0.15, 0.2) is 48.5 Å². The largest absolute Gasteiger partial charge is 0.345 e. The molecule has 0 unspecified atom stereocenters. The zero-order valence-electron chi connectivity index (χ0n) is 11.3. The SMILES string of the molecule is Cl[Si](Cl)(Cl)Cc1ccc(-c2ccc(C[Si](Cl)(Cl)Cl)cc2)cc1. The van der Waals surface area contributed by atoms with Gasteiger partial charge in [0, 0.05) is 12.1 Å². The zero-order chi connectivity index (χ0) is 16.4. The van der Waals surface area contributed by atoms with Crippen LogP contribution in [-0.4, -0.2) is 12.0 Å². The topological polar surface area (TPSA) is 0 Å². The van der Waals surface area contributed by atoms with Crippen molar-refractivity contribution in [2.75, 3.05) is 0 Å². The Morgan fingerprint density at radius 2 is 0.773 bits per heavy atom. The summed E-state index contributed by atoms with van der Waals surface area (Å²) in [5, 5.41) is 0. The molecule has 0 aliphatic rings. The van der Waals surface area contributed by atoms with Gasteiger partial charge < -0.3 is 0 Å². The number of hydrogen-bond acceptors (Lipinski definition) is 0. The molecule has 0 heterocycles. The van der Waals surface area contributed by atoms with E-state index in [0.717, 1.165) is 22.3 Å². The monoisotopic (exact) mass is 446 g/mol. The van der Waals surface area contributed by atoms with Gasteiger partial charge in [-0.15, -0.1) is 66.5 Å². The van der Waals surface area contributed by atoms with Crippen molar-refractivity contribution < 1.29 is 0 Å². The van der Waals surface area contributed by atoms with E-state index in [9.17, 15) is 0 Å². The van der Waals surface area contributed by atoms with Gasteiger partial charge in [-0.05, 0) is 22.3 Å². The van der Waals surface area contributed by atoms with Crippen LogP contribution in [0, 0.1) is 0 Å². The van der Waals surface area contributed by atoms with Crippen LogP contribution in [0.1, 0.15) is 11.1 Å².